The summed E-state index contributed by atoms with van der Waals surface area (Å²) >= 11 is 0. The van der Waals surface area contributed by atoms with Crippen LogP contribution in [-0.2, 0) is 9.53 Å². The Labute approximate surface area is 174 Å². The van der Waals surface area contributed by atoms with E-state index in [2.05, 4.69) is 15.4 Å². The molecule has 0 unspecified atom stereocenters. The first kappa shape index (κ1) is 19.6. The molecular formula is C23H21N5O2. The van der Waals surface area contributed by atoms with Crippen LogP contribution in [0, 0.1) is 11.3 Å². The highest BCUT2D eigenvalue weighted by atomic mass is 16.5. The molecule has 0 aliphatic carbocycles. The quantitative estimate of drug-likeness (QED) is 0.508. The van der Waals surface area contributed by atoms with Crippen LogP contribution in [-0.4, -0.2) is 39.9 Å². The van der Waals surface area contributed by atoms with Gasteiger partial charge in [0.15, 0.2) is 0 Å². The van der Waals surface area contributed by atoms with E-state index in [1.807, 2.05) is 54.7 Å². The van der Waals surface area contributed by atoms with Crippen LogP contribution in [0.5, 0.6) is 0 Å². The number of hydrogen-bond donors (Lipinski definition) is 1. The Morgan fingerprint density at radius 2 is 2.17 bits per heavy atom. The summed E-state index contributed by atoms with van der Waals surface area (Å²) in [5.74, 6) is -0.419. The average Bonchev–Trinajstić information content (AvgIpc) is 3.47. The lowest BCUT2D eigenvalue weighted by molar-refractivity contribution is -0.117. The number of carbonyl (C=O) groups is 1. The number of ether oxygens (including phenoxy) is 1. The van der Waals surface area contributed by atoms with Crippen molar-refractivity contribution < 1.29 is 9.53 Å². The van der Waals surface area contributed by atoms with Crippen LogP contribution in [0.3, 0.4) is 0 Å². The molecule has 1 N–H and O–H groups in total. The Morgan fingerprint density at radius 1 is 1.30 bits per heavy atom. The van der Waals surface area contributed by atoms with Gasteiger partial charge in [0.2, 0.25) is 0 Å². The lowest BCUT2D eigenvalue weighted by Crippen LogP contribution is -2.32. The molecule has 3 aromatic rings. The van der Waals surface area contributed by atoms with Crippen LogP contribution in [0.15, 0.2) is 66.6 Å². The standard InChI is InChI=1S/C23H21N5O2/c24-13-18(23(29)26-15-21-9-5-11-30-21)12-19-16-28(20-7-2-1-3-8-20)27-22(19)17-6-4-10-25-14-17/h1-4,6-8,10,12,14,16,21H,5,9,11,15H2,(H,26,29)/b18-12+/t21-/m0/s1. The molecule has 1 saturated heterocycles. The van der Waals surface area contributed by atoms with E-state index in [1.54, 1.807) is 23.2 Å². The van der Waals surface area contributed by atoms with Gasteiger partial charge >= 0.3 is 0 Å². The Morgan fingerprint density at radius 3 is 2.87 bits per heavy atom. The smallest absolute Gasteiger partial charge is 0.262 e. The summed E-state index contributed by atoms with van der Waals surface area (Å²) in [6.07, 6.45) is 8.70. The second-order valence-corrected chi connectivity index (χ2v) is 6.97. The molecule has 1 aliphatic heterocycles. The molecule has 0 bridgehead atoms. The third-order valence-corrected chi connectivity index (χ3v) is 4.88. The minimum atomic E-state index is -0.419. The van der Waals surface area contributed by atoms with Crippen LogP contribution in [0.25, 0.3) is 23.0 Å². The maximum Gasteiger partial charge on any atom is 0.262 e. The summed E-state index contributed by atoms with van der Waals surface area (Å²) < 4.78 is 7.26. The van der Waals surface area contributed by atoms with Crippen molar-refractivity contribution in [2.45, 2.75) is 18.9 Å². The van der Waals surface area contributed by atoms with E-state index in [1.165, 1.54) is 0 Å². The lowest BCUT2D eigenvalue weighted by atomic mass is 10.1. The van der Waals surface area contributed by atoms with Crippen molar-refractivity contribution >= 4 is 12.0 Å². The molecule has 1 aromatic carbocycles. The van der Waals surface area contributed by atoms with E-state index < -0.39 is 5.91 Å². The van der Waals surface area contributed by atoms with Gasteiger partial charge in [0.05, 0.1) is 11.8 Å². The Kier molecular flexibility index (Phi) is 5.97. The fourth-order valence-corrected chi connectivity index (χ4v) is 3.34. The number of para-hydroxylation sites is 1. The number of rotatable bonds is 6. The molecule has 7 heteroatoms. The van der Waals surface area contributed by atoms with E-state index in [9.17, 15) is 10.1 Å². The first-order valence-electron chi connectivity index (χ1n) is 9.81. The summed E-state index contributed by atoms with van der Waals surface area (Å²) in [6.45, 7) is 1.12. The third kappa shape index (κ3) is 4.45. The maximum absolute atomic E-state index is 12.6. The highest BCUT2D eigenvalue weighted by molar-refractivity contribution is 6.02. The van der Waals surface area contributed by atoms with Crippen LogP contribution < -0.4 is 5.32 Å². The van der Waals surface area contributed by atoms with E-state index in [-0.39, 0.29) is 11.7 Å². The highest BCUT2D eigenvalue weighted by Crippen LogP contribution is 2.25. The van der Waals surface area contributed by atoms with Crippen molar-refractivity contribution in [1.82, 2.24) is 20.1 Å². The second kappa shape index (κ2) is 9.16. The Hall–Kier alpha value is -3.76. The maximum atomic E-state index is 12.6. The van der Waals surface area contributed by atoms with Gasteiger partial charge in [-0.1, -0.05) is 18.2 Å². The van der Waals surface area contributed by atoms with Crippen molar-refractivity contribution in [3.8, 4) is 23.0 Å². The zero-order valence-corrected chi connectivity index (χ0v) is 16.4. The van der Waals surface area contributed by atoms with Crippen molar-refractivity contribution in [3.05, 3.63) is 72.2 Å². The van der Waals surface area contributed by atoms with Gasteiger partial charge in [-0.05, 0) is 43.2 Å². The molecule has 0 saturated carbocycles. The average molecular weight is 399 g/mol. The van der Waals surface area contributed by atoms with Gasteiger partial charge in [-0.2, -0.15) is 10.4 Å². The minimum absolute atomic E-state index is 0.0145. The van der Waals surface area contributed by atoms with Crippen molar-refractivity contribution in [3.63, 3.8) is 0 Å². The zero-order valence-electron chi connectivity index (χ0n) is 16.4. The van der Waals surface area contributed by atoms with Gasteiger partial charge in [-0.3, -0.25) is 9.78 Å². The predicted molar refractivity (Wildman–Crippen MR) is 112 cm³/mol. The third-order valence-electron chi connectivity index (χ3n) is 4.88. The van der Waals surface area contributed by atoms with E-state index in [4.69, 9.17) is 4.74 Å². The van der Waals surface area contributed by atoms with Gasteiger partial charge < -0.3 is 10.1 Å². The Balaban J connectivity index is 1.66. The number of carbonyl (C=O) groups excluding carboxylic acids is 1. The zero-order chi connectivity index (χ0) is 20.8. The van der Waals surface area contributed by atoms with E-state index in [0.29, 0.717) is 24.4 Å². The predicted octanol–water partition coefficient (Wildman–Crippen LogP) is 3.14. The van der Waals surface area contributed by atoms with Crippen LogP contribution >= 0.6 is 0 Å². The van der Waals surface area contributed by atoms with Crippen molar-refractivity contribution in [2.75, 3.05) is 13.2 Å². The van der Waals surface area contributed by atoms with Gasteiger partial charge in [0.25, 0.3) is 5.91 Å². The highest BCUT2D eigenvalue weighted by Gasteiger charge is 2.19. The number of nitriles is 1. The molecular weight excluding hydrogens is 378 g/mol. The molecule has 1 fully saturated rings. The number of nitrogens with zero attached hydrogens (tertiary/aromatic N) is 4. The molecule has 4 rings (SSSR count). The summed E-state index contributed by atoms with van der Waals surface area (Å²) in [6, 6.07) is 15.4. The first-order valence-corrected chi connectivity index (χ1v) is 9.81. The number of hydrogen-bond acceptors (Lipinski definition) is 5. The Bertz CT molecular complexity index is 1080. The topological polar surface area (TPSA) is 92.8 Å². The second-order valence-electron chi connectivity index (χ2n) is 6.97. The van der Waals surface area contributed by atoms with Crippen LogP contribution in [0.4, 0.5) is 0 Å². The molecule has 1 amide bonds. The van der Waals surface area contributed by atoms with Gasteiger partial charge in [-0.15, -0.1) is 0 Å². The SMILES string of the molecule is N#C/C(=C\c1cn(-c2ccccc2)nc1-c1cccnc1)C(=O)NC[C@@H]1CCCO1. The molecule has 1 aliphatic rings. The van der Waals surface area contributed by atoms with Crippen LogP contribution in [0.1, 0.15) is 18.4 Å². The van der Waals surface area contributed by atoms with Gasteiger partial charge in [0.1, 0.15) is 17.3 Å². The summed E-state index contributed by atoms with van der Waals surface area (Å²) in [4.78, 5) is 16.7. The fourth-order valence-electron chi connectivity index (χ4n) is 3.34. The molecule has 1 atom stereocenters. The number of nitrogens with one attached hydrogen (secondary N) is 1. The largest absolute Gasteiger partial charge is 0.376 e. The van der Waals surface area contributed by atoms with Crippen molar-refractivity contribution in [1.29, 1.82) is 5.26 Å². The molecule has 150 valence electrons. The summed E-state index contributed by atoms with van der Waals surface area (Å²) in [5, 5.41) is 17.1. The number of aromatic nitrogens is 3. The van der Waals surface area contributed by atoms with Gasteiger partial charge in [-0.25, -0.2) is 4.68 Å². The molecule has 30 heavy (non-hydrogen) atoms. The summed E-state index contributed by atoms with van der Waals surface area (Å²) in [7, 11) is 0. The van der Waals surface area contributed by atoms with E-state index in [0.717, 1.165) is 24.1 Å². The first-order chi connectivity index (χ1) is 14.7. The number of amides is 1. The lowest BCUT2D eigenvalue weighted by Gasteiger charge is -2.10. The summed E-state index contributed by atoms with van der Waals surface area (Å²) in [5.41, 5.74) is 3.01. The van der Waals surface area contributed by atoms with E-state index >= 15 is 0 Å². The van der Waals surface area contributed by atoms with Crippen LogP contribution in [0.2, 0.25) is 0 Å². The molecule has 2 aromatic heterocycles. The molecule has 7 nitrogen and oxygen atoms in total. The number of benzene rings is 1. The molecule has 3 heterocycles. The van der Waals surface area contributed by atoms with Crippen molar-refractivity contribution in [2.24, 2.45) is 0 Å². The van der Waals surface area contributed by atoms with Gasteiger partial charge in [0, 0.05) is 42.9 Å². The normalized spacial score (nSPS) is 16.2. The molecule has 0 spiro atoms. The minimum Gasteiger partial charge on any atom is -0.376 e. The fraction of sp³-hybridized carbons (Fsp3) is 0.217. The monoisotopic (exact) mass is 399 g/mol. The molecule has 0 radical (unpaired) electrons. The number of pyridine rings is 1.